The van der Waals surface area contributed by atoms with Crippen LogP contribution in [0.2, 0.25) is 0 Å². The summed E-state index contributed by atoms with van der Waals surface area (Å²) in [7, 11) is 0. The van der Waals surface area contributed by atoms with Crippen LogP contribution in [0.3, 0.4) is 0 Å². The Labute approximate surface area is 107 Å². The lowest BCUT2D eigenvalue weighted by atomic mass is 10.2. The summed E-state index contributed by atoms with van der Waals surface area (Å²) in [6.07, 6.45) is -0.490. The van der Waals surface area contributed by atoms with E-state index in [1.807, 2.05) is 0 Å². The Hall–Kier alpha value is -2.48. The molecule has 0 unspecified atom stereocenters. The summed E-state index contributed by atoms with van der Waals surface area (Å²) in [6.45, 7) is -0.303. The highest BCUT2D eigenvalue weighted by Crippen LogP contribution is 2.18. The first kappa shape index (κ1) is 14.6. The van der Waals surface area contributed by atoms with Crippen molar-refractivity contribution in [2.24, 2.45) is 5.73 Å². The van der Waals surface area contributed by atoms with Crippen molar-refractivity contribution < 1.29 is 24.4 Å². The number of ether oxygens (including phenoxy) is 1. The topological polar surface area (TPSA) is 133 Å². The van der Waals surface area contributed by atoms with Crippen LogP contribution in [0.15, 0.2) is 24.3 Å². The number of nitro benzene ring substituents is 1. The van der Waals surface area contributed by atoms with Gasteiger partial charge in [0.1, 0.15) is 12.6 Å². The molecule has 0 aromatic heterocycles. The number of nitro groups is 1. The van der Waals surface area contributed by atoms with Gasteiger partial charge in [0, 0.05) is 6.07 Å². The second-order valence-electron chi connectivity index (χ2n) is 3.70. The first-order valence-corrected chi connectivity index (χ1v) is 5.28. The molecule has 3 N–H and O–H groups in total. The molecule has 1 rings (SSSR count). The van der Waals surface area contributed by atoms with E-state index in [4.69, 9.17) is 15.6 Å². The molecule has 0 fully saturated rings. The number of carboxylic acids is 1. The zero-order valence-electron chi connectivity index (χ0n) is 9.81. The maximum Gasteiger partial charge on any atom is 0.321 e. The standard InChI is InChI=1S/C11H12N2O6/c12-8(11(15)16)5-10(14)19-6-7-3-1-2-4-9(7)13(17)18/h1-4,8H,5-6,12H2,(H,15,16)/t8-/m0/s1. The van der Waals surface area contributed by atoms with E-state index in [-0.39, 0.29) is 17.9 Å². The number of rotatable bonds is 6. The molecular formula is C11H12N2O6. The van der Waals surface area contributed by atoms with Gasteiger partial charge < -0.3 is 15.6 Å². The van der Waals surface area contributed by atoms with E-state index in [2.05, 4.69) is 0 Å². The second kappa shape index (κ2) is 6.45. The molecule has 0 aliphatic carbocycles. The summed E-state index contributed by atoms with van der Waals surface area (Å²) in [5.41, 5.74) is 5.21. The maximum atomic E-state index is 11.3. The number of benzene rings is 1. The molecule has 0 saturated heterocycles. The Kier molecular flexibility index (Phi) is 4.95. The predicted octanol–water partition coefficient (Wildman–Crippen LogP) is 0.440. The molecule has 102 valence electrons. The molecule has 0 spiro atoms. The van der Waals surface area contributed by atoms with Crippen LogP contribution in [0.5, 0.6) is 0 Å². The van der Waals surface area contributed by atoms with E-state index < -0.39 is 29.3 Å². The van der Waals surface area contributed by atoms with Gasteiger partial charge in [0.2, 0.25) is 0 Å². The monoisotopic (exact) mass is 268 g/mol. The molecule has 1 atom stereocenters. The third-order valence-corrected chi connectivity index (χ3v) is 2.28. The zero-order valence-corrected chi connectivity index (χ0v) is 9.81. The lowest BCUT2D eigenvalue weighted by molar-refractivity contribution is -0.385. The molecule has 0 radical (unpaired) electrons. The number of hydrogen-bond donors (Lipinski definition) is 2. The molecule has 1 aromatic carbocycles. The Morgan fingerprint density at radius 2 is 2.05 bits per heavy atom. The van der Waals surface area contributed by atoms with Gasteiger partial charge in [-0.05, 0) is 6.07 Å². The van der Waals surface area contributed by atoms with Crippen LogP contribution in [0.25, 0.3) is 0 Å². The predicted molar refractivity (Wildman–Crippen MR) is 63.1 cm³/mol. The van der Waals surface area contributed by atoms with Crippen molar-refractivity contribution in [1.29, 1.82) is 0 Å². The van der Waals surface area contributed by atoms with Gasteiger partial charge in [0.25, 0.3) is 5.69 Å². The van der Waals surface area contributed by atoms with Crippen molar-refractivity contribution in [2.75, 3.05) is 0 Å². The minimum Gasteiger partial charge on any atom is -0.480 e. The summed E-state index contributed by atoms with van der Waals surface area (Å²) in [5, 5.41) is 19.2. The largest absolute Gasteiger partial charge is 0.480 e. The number of aliphatic carboxylic acids is 1. The first-order valence-electron chi connectivity index (χ1n) is 5.28. The number of esters is 1. The number of carboxylic acid groups (broad SMARTS) is 1. The van der Waals surface area contributed by atoms with Crippen molar-refractivity contribution in [3.63, 3.8) is 0 Å². The van der Waals surface area contributed by atoms with Gasteiger partial charge >= 0.3 is 11.9 Å². The van der Waals surface area contributed by atoms with Gasteiger partial charge in [-0.2, -0.15) is 0 Å². The van der Waals surface area contributed by atoms with Crippen LogP contribution in [-0.4, -0.2) is 28.0 Å². The Morgan fingerprint density at radius 3 is 2.63 bits per heavy atom. The van der Waals surface area contributed by atoms with Crippen LogP contribution in [-0.2, 0) is 20.9 Å². The highest BCUT2D eigenvalue weighted by atomic mass is 16.6. The van der Waals surface area contributed by atoms with E-state index in [1.165, 1.54) is 18.2 Å². The van der Waals surface area contributed by atoms with Gasteiger partial charge in [-0.3, -0.25) is 19.7 Å². The van der Waals surface area contributed by atoms with E-state index in [0.29, 0.717) is 0 Å². The van der Waals surface area contributed by atoms with Crippen LogP contribution in [0.1, 0.15) is 12.0 Å². The molecule has 0 aliphatic rings. The lowest BCUT2D eigenvalue weighted by Crippen LogP contribution is -2.33. The fourth-order valence-electron chi connectivity index (χ4n) is 1.30. The van der Waals surface area contributed by atoms with Crippen LogP contribution in [0, 0.1) is 10.1 Å². The van der Waals surface area contributed by atoms with Gasteiger partial charge in [-0.1, -0.05) is 12.1 Å². The average molecular weight is 268 g/mol. The lowest BCUT2D eigenvalue weighted by Gasteiger charge is -2.07. The third-order valence-electron chi connectivity index (χ3n) is 2.28. The highest BCUT2D eigenvalue weighted by Gasteiger charge is 2.19. The second-order valence-corrected chi connectivity index (χ2v) is 3.70. The van der Waals surface area contributed by atoms with Crippen LogP contribution in [0.4, 0.5) is 5.69 Å². The zero-order chi connectivity index (χ0) is 14.4. The molecule has 0 bridgehead atoms. The Balaban J connectivity index is 2.60. The molecule has 0 aliphatic heterocycles. The number of para-hydroxylation sites is 1. The molecule has 8 heteroatoms. The molecule has 8 nitrogen and oxygen atoms in total. The molecule has 1 aromatic rings. The third kappa shape index (κ3) is 4.36. The van der Waals surface area contributed by atoms with Crippen LogP contribution < -0.4 is 5.73 Å². The fraction of sp³-hybridized carbons (Fsp3) is 0.273. The van der Waals surface area contributed by atoms with E-state index in [1.54, 1.807) is 6.07 Å². The average Bonchev–Trinajstić information content (AvgIpc) is 2.36. The Morgan fingerprint density at radius 1 is 1.42 bits per heavy atom. The smallest absolute Gasteiger partial charge is 0.321 e. The first-order chi connectivity index (χ1) is 8.91. The van der Waals surface area contributed by atoms with E-state index >= 15 is 0 Å². The van der Waals surface area contributed by atoms with Gasteiger partial charge in [0.15, 0.2) is 0 Å². The summed E-state index contributed by atoms with van der Waals surface area (Å²) in [4.78, 5) is 31.8. The maximum absolute atomic E-state index is 11.3. The number of carbonyl (C=O) groups is 2. The number of carbonyl (C=O) groups excluding carboxylic acids is 1. The molecule has 0 amide bonds. The Bertz CT molecular complexity index is 502. The molecule has 19 heavy (non-hydrogen) atoms. The fourth-order valence-corrected chi connectivity index (χ4v) is 1.30. The van der Waals surface area contributed by atoms with Crippen molar-refractivity contribution in [2.45, 2.75) is 19.1 Å². The minimum atomic E-state index is -1.35. The molecule has 0 saturated carbocycles. The summed E-state index contributed by atoms with van der Waals surface area (Å²) >= 11 is 0. The molecular weight excluding hydrogens is 256 g/mol. The molecule has 0 heterocycles. The van der Waals surface area contributed by atoms with Gasteiger partial charge in [-0.25, -0.2) is 0 Å². The van der Waals surface area contributed by atoms with Crippen molar-refractivity contribution in [3.05, 3.63) is 39.9 Å². The quantitative estimate of drug-likeness (QED) is 0.434. The van der Waals surface area contributed by atoms with Gasteiger partial charge in [-0.15, -0.1) is 0 Å². The van der Waals surface area contributed by atoms with Crippen LogP contribution >= 0.6 is 0 Å². The van der Waals surface area contributed by atoms with Crippen molar-refractivity contribution >= 4 is 17.6 Å². The summed E-state index contributed by atoms with van der Waals surface area (Å²) < 4.78 is 4.75. The van der Waals surface area contributed by atoms with Crippen molar-refractivity contribution in [3.8, 4) is 0 Å². The summed E-state index contributed by atoms with van der Waals surface area (Å²) in [6, 6.07) is 4.44. The normalized spacial score (nSPS) is 11.6. The summed E-state index contributed by atoms with van der Waals surface area (Å²) in [5.74, 6) is -2.14. The van der Waals surface area contributed by atoms with Crippen molar-refractivity contribution in [1.82, 2.24) is 0 Å². The van der Waals surface area contributed by atoms with Gasteiger partial charge in [0.05, 0.1) is 16.9 Å². The SMILES string of the molecule is N[C@@H](CC(=O)OCc1ccccc1[N+](=O)[O-])C(=O)O. The number of nitrogens with two attached hydrogens (primary N) is 1. The highest BCUT2D eigenvalue weighted by molar-refractivity contribution is 5.81. The number of nitrogens with zero attached hydrogens (tertiary/aromatic N) is 1. The minimum absolute atomic E-state index is 0.169. The van der Waals surface area contributed by atoms with E-state index in [0.717, 1.165) is 0 Å². The number of hydrogen-bond acceptors (Lipinski definition) is 6. The van der Waals surface area contributed by atoms with E-state index in [9.17, 15) is 19.7 Å².